The summed E-state index contributed by atoms with van der Waals surface area (Å²) in [5.74, 6) is 0.600. The van der Waals surface area contributed by atoms with E-state index in [2.05, 4.69) is 31.5 Å². The highest BCUT2D eigenvalue weighted by Gasteiger charge is 2.27. The fraction of sp³-hybridized carbons (Fsp3) is 0.765. The van der Waals surface area contributed by atoms with Gasteiger partial charge in [0.05, 0.1) is 11.7 Å². The zero-order valence-electron chi connectivity index (χ0n) is 14.3. The van der Waals surface area contributed by atoms with E-state index < -0.39 is 0 Å². The molecule has 2 rings (SSSR count). The van der Waals surface area contributed by atoms with Gasteiger partial charge in [0.15, 0.2) is 0 Å². The lowest BCUT2D eigenvalue weighted by atomic mass is 9.86. The molecule has 1 aromatic heterocycles. The second-order valence-corrected chi connectivity index (χ2v) is 8.18. The first-order chi connectivity index (χ1) is 10.3. The van der Waals surface area contributed by atoms with Crippen LogP contribution in [0.1, 0.15) is 64.2 Å². The maximum atomic E-state index is 12.5. The second-order valence-electron chi connectivity index (χ2n) is 7.29. The molecule has 0 saturated carbocycles. The number of thiazole rings is 1. The number of aromatic nitrogens is 1. The summed E-state index contributed by atoms with van der Waals surface area (Å²) in [6, 6.07) is -0.0316. The molecule has 1 saturated heterocycles. The molecule has 1 aromatic rings. The van der Waals surface area contributed by atoms with Crippen LogP contribution in [0.2, 0.25) is 0 Å². The highest BCUT2D eigenvalue weighted by atomic mass is 32.1. The SMILES string of the molecule is C[C@H](NC(=O)[C@H](C)C1CCOCC1)c1nc(C(C)(C)C)cs1. The zero-order valence-corrected chi connectivity index (χ0v) is 15.1. The van der Waals surface area contributed by atoms with Gasteiger partial charge in [-0.2, -0.15) is 0 Å². The molecule has 0 aromatic carbocycles. The lowest BCUT2D eigenvalue weighted by molar-refractivity contribution is -0.127. The van der Waals surface area contributed by atoms with Gasteiger partial charge in [0, 0.05) is 29.9 Å². The summed E-state index contributed by atoms with van der Waals surface area (Å²) in [4.78, 5) is 17.1. The van der Waals surface area contributed by atoms with Crippen molar-refractivity contribution in [3.05, 3.63) is 16.1 Å². The predicted molar refractivity (Wildman–Crippen MR) is 90.1 cm³/mol. The minimum Gasteiger partial charge on any atom is -0.381 e. The molecule has 1 aliphatic rings. The molecule has 4 nitrogen and oxygen atoms in total. The van der Waals surface area contributed by atoms with Crippen molar-refractivity contribution in [2.45, 2.75) is 58.9 Å². The van der Waals surface area contributed by atoms with Gasteiger partial charge in [-0.15, -0.1) is 11.3 Å². The Morgan fingerprint density at radius 3 is 2.55 bits per heavy atom. The second kappa shape index (κ2) is 7.09. The number of hydrogen-bond donors (Lipinski definition) is 1. The van der Waals surface area contributed by atoms with Crippen molar-refractivity contribution in [2.24, 2.45) is 11.8 Å². The van der Waals surface area contributed by atoms with Crippen molar-refractivity contribution < 1.29 is 9.53 Å². The molecular formula is C17H28N2O2S. The molecule has 5 heteroatoms. The van der Waals surface area contributed by atoms with E-state index >= 15 is 0 Å². The molecule has 0 radical (unpaired) electrons. The van der Waals surface area contributed by atoms with Gasteiger partial charge in [-0.3, -0.25) is 4.79 Å². The summed E-state index contributed by atoms with van der Waals surface area (Å²) in [6.45, 7) is 12.1. The summed E-state index contributed by atoms with van der Waals surface area (Å²) in [5.41, 5.74) is 1.14. The van der Waals surface area contributed by atoms with Gasteiger partial charge in [0.2, 0.25) is 5.91 Å². The van der Waals surface area contributed by atoms with E-state index in [0.29, 0.717) is 5.92 Å². The van der Waals surface area contributed by atoms with Crippen LogP contribution in [0, 0.1) is 11.8 Å². The average molecular weight is 324 g/mol. The molecule has 22 heavy (non-hydrogen) atoms. The van der Waals surface area contributed by atoms with E-state index in [9.17, 15) is 4.79 Å². The Hall–Kier alpha value is -0.940. The molecule has 2 heterocycles. The largest absolute Gasteiger partial charge is 0.381 e. The average Bonchev–Trinajstić information content (AvgIpc) is 2.97. The van der Waals surface area contributed by atoms with E-state index in [1.807, 2.05) is 13.8 Å². The fourth-order valence-corrected chi connectivity index (χ4v) is 3.72. The maximum Gasteiger partial charge on any atom is 0.223 e. The molecule has 0 spiro atoms. The van der Waals surface area contributed by atoms with Crippen LogP contribution in [-0.2, 0) is 14.9 Å². The molecule has 1 aliphatic heterocycles. The van der Waals surface area contributed by atoms with Crippen LogP contribution in [0.3, 0.4) is 0 Å². The summed E-state index contributed by atoms with van der Waals surface area (Å²) >= 11 is 1.63. The zero-order chi connectivity index (χ0) is 16.3. The molecule has 124 valence electrons. The van der Waals surface area contributed by atoms with E-state index in [0.717, 1.165) is 36.8 Å². The highest BCUT2D eigenvalue weighted by Crippen LogP contribution is 2.28. The normalized spacial score (nSPS) is 19.7. The van der Waals surface area contributed by atoms with E-state index in [-0.39, 0.29) is 23.3 Å². The van der Waals surface area contributed by atoms with Gasteiger partial charge in [-0.25, -0.2) is 4.98 Å². The molecule has 1 amide bonds. The van der Waals surface area contributed by atoms with E-state index in [1.165, 1.54) is 0 Å². The first-order valence-corrected chi connectivity index (χ1v) is 9.01. The van der Waals surface area contributed by atoms with Gasteiger partial charge < -0.3 is 10.1 Å². The Kier molecular flexibility index (Phi) is 5.61. The maximum absolute atomic E-state index is 12.5. The standard InChI is InChI=1S/C17H28N2O2S/c1-11(13-6-8-21-9-7-13)15(20)18-12(2)16-19-14(10-22-16)17(3,4)5/h10-13H,6-9H2,1-5H3,(H,18,20)/t11-,12+/m1/s1. The number of carbonyl (C=O) groups is 1. The minimum atomic E-state index is -0.0316. The molecule has 1 N–H and O–H groups in total. The number of nitrogens with zero attached hydrogens (tertiary/aromatic N) is 1. The quantitative estimate of drug-likeness (QED) is 0.919. The van der Waals surface area contributed by atoms with Crippen molar-refractivity contribution in [3.8, 4) is 0 Å². The van der Waals surface area contributed by atoms with Crippen LogP contribution in [0.25, 0.3) is 0 Å². The molecule has 1 fully saturated rings. The molecule has 0 bridgehead atoms. The minimum absolute atomic E-state index is 0.0316. The topological polar surface area (TPSA) is 51.2 Å². The number of rotatable bonds is 4. The van der Waals surface area contributed by atoms with Gasteiger partial charge in [-0.1, -0.05) is 27.7 Å². The summed E-state index contributed by atoms with van der Waals surface area (Å²) in [5, 5.41) is 6.21. The first kappa shape index (κ1) is 17.4. The summed E-state index contributed by atoms with van der Waals surface area (Å²) in [6.07, 6.45) is 1.96. The van der Waals surface area contributed by atoms with E-state index in [4.69, 9.17) is 9.72 Å². The summed E-state index contributed by atoms with van der Waals surface area (Å²) in [7, 11) is 0. The Balaban J connectivity index is 1.94. The molecular weight excluding hydrogens is 296 g/mol. The number of nitrogens with one attached hydrogen (secondary N) is 1. The van der Waals surface area contributed by atoms with Crippen molar-refractivity contribution >= 4 is 17.2 Å². The number of hydrogen-bond acceptors (Lipinski definition) is 4. The Bertz CT molecular complexity index is 501. The Labute approximate surface area is 137 Å². The lowest BCUT2D eigenvalue weighted by Crippen LogP contribution is -2.36. The summed E-state index contributed by atoms with van der Waals surface area (Å²) < 4.78 is 5.37. The van der Waals surface area contributed by atoms with Crippen LogP contribution < -0.4 is 5.32 Å². The van der Waals surface area contributed by atoms with E-state index in [1.54, 1.807) is 11.3 Å². The van der Waals surface area contributed by atoms with Crippen molar-refractivity contribution in [1.29, 1.82) is 0 Å². The fourth-order valence-electron chi connectivity index (χ4n) is 2.67. The highest BCUT2D eigenvalue weighted by molar-refractivity contribution is 7.09. The third-order valence-electron chi connectivity index (χ3n) is 4.41. The van der Waals surface area contributed by atoms with Gasteiger partial charge >= 0.3 is 0 Å². The number of carbonyl (C=O) groups excluding carboxylic acids is 1. The lowest BCUT2D eigenvalue weighted by Gasteiger charge is -2.27. The van der Waals surface area contributed by atoms with Crippen LogP contribution in [0.5, 0.6) is 0 Å². The van der Waals surface area contributed by atoms with Crippen LogP contribution in [0.4, 0.5) is 0 Å². The molecule has 2 atom stereocenters. The smallest absolute Gasteiger partial charge is 0.223 e. The Morgan fingerprint density at radius 2 is 2.00 bits per heavy atom. The van der Waals surface area contributed by atoms with Gasteiger partial charge in [0.25, 0.3) is 0 Å². The van der Waals surface area contributed by atoms with Gasteiger partial charge in [-0.05, 0) is 25.7 Å². The van der Waals surface area contributed by atoms with Crippen molar-refractivity contribution in [2.75, 3.05) is 13.2 Å². The van der Waals surface area contributed by atoms with Crippen LogP contribution in [-0.4, -0.2) is 24.1 Å². The predicted octanol–water partition coefficient (Wildman–Crippen LogP) is 3.68. The third-order valence-corrected chi connectivity index (χ3v) is 5.43. The molecule has 0 unspecified atom stereocenters. The van der Waals surface area contributed by atoms with Gasteiger partial charge in [0.1, 0.15) is 5.01 Å². The number of amides is 1. The van der Waals surface area contributed by atoms with Crippen LogP contribution in [0.15, 0.2) is 5.38 Å². The van der Waals surface area contributed by atoms with Crippen molar-refractivity contribution in [3.63, 3.8) is 0 Å². The van der Waals surface area contributed by atoms with Crippen LogP contribution >= 0.6 is 11.3 Å². The first-order valence-electron chi connectivity index (χ1n) is 8.13. The Morgan fingerprint density at radius 1 is 1.36 bits per heavy atom. The number of ether oxygens (including phenoxy) is 1. The van der Waals surface area contributed by atoms with Crippen molar-refractivity contribution in [1.82, 2.24) is 10.3 Å². The third kappa shape index (κ3) is 4.29. The molecule has 0 aliphatic carbocycles. The monoisotopic (exact) mass is 324 g/mol.